The smallest absolute Gasteiger partial charge is 0.238 e. The second kappa shape index (κ2) is 8.34. The zero-order valence-corrected chi connectivity index (χ0v) is 14.8. The summed E-state index contributed by atoms with van der Waals surface area (Å²) in [7, 11) is 0. The van der Waals surface area contributed by atoms with Gasteiger partial charge in [-0.2, -0.15) is 0 Å². The number of hydrogen-bond donors (Lipinski definition) is 3. The molecule has 2 unspecified atom stereocenters. The molecular weight excluding hydrogens is 338 g/mol. The lowest BCUT2D eigenvalue weighted by molar-refractivity contribution is -0.123. The van der Waals surface area contributed by atoms with Gasteiger partial charge in [0.15, 0.2) is 0 Å². The Labute approximate surface area is 152 Å². The molecule has 25 heavy (non-hydrogen) atoms. The van der Waals surface area contributed by atoms with Crippen LogP contribution in [-0.2, 0) is 11.3 Å². The van der Waals surface area contributed by atoms with Crippen molar-refractivity contribution in [1.29, 1.82) is 0 Å². The van der Waals surface area contributed by atoms with Crippen LogP contribution in [0.4, 0.5) is 0 Å². The summed E-state index contributed by atoms with van der Waals surface area (Å²) in [4.78, 5) is 12.4. The van der Waals surface area contributed by atoms with Gasteiger partial charge < -0.3 is 10.1 Å². The molecule has 1 saturated heterocycles. The molecule has 3 N–H and O–H groups in total. The minimum Gasteiger partial charge on any atom is -0.494 e. The number of ether oxygens (including phenoxy) is 1. The first-order valence-corrected chi connectivity index (χ1v) is 8.79. The maximum atomic E-state index is 12.4. The number of benzene rings is 2. The Hall–Kier alpha value is -2.08. The van der Waals surface area contributed by atoms with Gasteiger partial charge >= 0.3 is 0 Å². The molecule has 1 fully saturated rings. The maximum Gasteiger partial charge on any atom is 0.238 e. The molecule has 0 aliphatic carbocycles. The van der Waals surface area contributed by atoms with Gasteiger partial charge in [-0.3, -0.25) is 4.79 Å². The van der Waals surface area contributed by atoms with Crippen molar-refractivity contribution in [1.82, 2.24) is 16.2 Å². The van der Waals surface area contributed by atoms with Gasteiger partial charge in [0.25, 0.3) is 0 Å². The fourth-order valence-corrected chi connectivity index (χ4v) is 3.08. The highest BCUT2D eigenvalue weighted by Crippen LogP contribution is 2.24. The van der Waals surface area contributed by atoms with Crippen LogP contribution in [0, 0.1) is 0 Å². The van der Waals surface area contributed by atoms with E-state index in [1.54, 1.807) is 0 Å². The van der Waals surface area contributed by atoms with Crippen LogP contribution in [0.25, 0.3) is 0 Å². The van der Waals surface area contributed by atoms with Crippen molar-refractivity contribution in [3.8, 4) is 5.75 Å². The first-order valence-electron chi connectivity index (χ1n) is 8.41. The van der Waals surface area contributed by atoms with E-state index in [2.05, 4.69) is 16.2 Å². The zero-order valence-electron chi connectivity index (χ0n) is 14.1. The van der Waals surface area contributed by atoms with Gasteiger partial charge in [0, 0.05) is 17.6 Å². The highest BCUT2D eigenvalue weighted by Gasteiger charge is 2.29. The van der Waals surface area contributed by atoms with Crippen LogP contribution in [0.1, 0.15) is 30.5 Å². The molecule has 2 aromatic rings. The molecule has 6 heteroatoms. The third-order valence-corrected chi connectivity index (χ3v) is 4.40. The van der Waals surface area contributed by atoms with Gasteiger partial charge in [-0.1, -0.05) is 35.9 Å². The van der Waals surface area contributed by atoms with E-state index >= 15 is 0 Å². The topological polar surface area (TPSA) is 62.4 Å². The molecule has 3 rings (SSSR count). The predicted molar refractivity (Wildman–Crippen MR) is 98.3 cm³/mol. The Morgan fingerprint density at radius 1 is 1.24 bits per heavy atom. The fourth-order valence-electron chi connectivity index (χ4n) is 2.87. The van der Waals surface area contributed by atoms with E-state index < -0.39 is 0 Å². The first kappa shape index (κ1) is 17.7. The molecule has 0 aromatic heterocycles. The predicted octanol–water partition coefficient (Wildman–Crippen LogP) is 2.96. The molecule has 2 aromatic carbocycles. The summed E-state index contributed by atoms with van der Waals surface area (Å²) in [6.07, 6.45) is 0.690. The summed E-state index contributed by atoms with van der Waals surface area (Å²) < 4.78 is 5.46. The maximum absolute atomic E-state index is 12.4. The Bertz CT molecular complexity index is 721. The van der Waals surface area contributed by atoms with Crippen molar-refractivity contribution in [2.45, 2.75) is 32.0 Å². The van der Waals surface area contributed by atoms with Crippen molar-refractivity contribution in [2.24, 2.45) is 0 Å². The molecule has 0 saturated carbocycles. The number of hydrazine groups is 1. The standard InChI is InChI=1S/C19H22ClN3O2/c1-2-25-16-8-6-14(7-9-16)17-11-18(23-22-17)19(24)21-12-13-4-3-5-15(20)10-13/h3-10,17-18,22-23H,2,11-12H2,1H3,(H,21,24). The van der Waals surface area contributed by atoms with Crippen LogP contribution in [0.3, 0.4) is 0 Å². The Morgan fingerprint density at radius 3 is 2.76 bits per heavy atom. The number of halogens is 1. The highest BCUT2D eigenvalue weighted by molar-refractivity contribution is 6.30. The number of amides is 1. The number of rotatable bonds is 6. The molecule has 0 bridgehead atoms. The van der Waals surface area contributed by atoms with Crippen LogP contribution >= 0.6 is 11.6 Å². The van der Waals surface area contributed by atoms with Gasteiger partial charge in [0.1, 0.15) is 11.8 Å². The van der Waals surface area contributed by atoms with Crippen molar-refractivity contribution in [2.75, 3.05) is 6.61 Å². The second-order valence-corrected chi connectivity index (χ2v) is 6.42. The van der Waals surface area contributed by atoms with Crippen molar-refractivity contribution < 1.29 is 9.53 Å². The van der Waals surface area contributed by atoms with Gasteiger partial charge in [-0.25, -0.2) is 10.9 Å². The molecule has 0 radical (unpaired) electrons. The lowest BCUT2D eigenvalue weighted by atomic mass is 10.0. The SMILES string of the molecule is CCOc1ccc(C2CC(C(=O)NCc3cccc(Cl)c3)NN2)cc1. The third kappa shape index (κ3) is 4.72. The van der Waals surface area contributed by atoms with E-state index in [4.69, 9.17) is 16.3 Å². The lowest BCUT2D eigenvalue weighted by Gasteiger charge is -2.11. The summed E-state index contributed by atoms with van der Waals surface area (Å²) in [5, 5.41) is 3.62. The summed E-state index contributed by atoms with van der Waals surface area (Å²) in [5.41, 5.74) is 8.37. The first-order chi connectivity index (χ1) is 12.2. The summed E-state index contributed by atoms with van der Waals surface area (Å²) in [6.45, 7) is 3.08. The molecular formula is C19H22ClN3O2. The monoisotopic (exact) mass is 359 g/mol. The Balaban J connectivity index is 1.52. The Kier molecular flexibility index (Phi) is 5.91. The molecule has 1 heterocycles. The van der Waals surface area contributed by atoms with Gasteiger partial charge in [-0.05, 0) is 48.7 Å². The fraction of sp³-hybridized carbons (Fsp3) is 0.316. The van der Waals surface area contributed by atoms with Gasteiger partial charge in [0.2, 0.25) is 5.91 Å². The summed E-state index contributed by atoms with van der Waals surface area (Å²) >= 11 is 5.96. The third-order valence-electron chi connectivity index (χ3n) is 4.17. The molecule has 2 atom stereocenters. The lowest BCUT2D eigenvalue weighted by Crippen LogP contribution is -2.42. The van der Waals surface area contributed by atoms with E-state index in [-0.39, 0.29) is 18.0 Å². The van der Waals surface area contributed by atoms with Gasteiger partial charge in [0.05, 0.1) is 6.61 Å². The molecule has 1 amide bonds. The van der Waals surface area contributed by atoms with E-state index in [9.17, 15) is 4.79 Å². The minimum absolute atomic E-state index is 0.0269. The van der Waals surface area contributed by atoms with Crippen LogP contribution in [0.2, 0.25) is 5.02 Å². The number of hydrogen-bond acceptors (Lipinski definition) is 4. The highest BCUT2D eigenvalue weighted by atomic mass is 35.5. The average molecular weight is 360 g/mol. The Morgan fingerprint density at radius 2 is 2.04 bits per heavy atom. The number of carbonyl (C=O) groups excluding carboxylic acids is 1. The second-order valence-electron chi connectivity index (χ2n) is 5.98. The largest absolute Gasteiger partial charge is 0.494 e. The summed E-state index contributed by atoms with van der Waals surface area (Å²) in [6, 6.07) is 15.3. The summed E-state index contributed by atoms with van der Waals surface area (Å²) in [5.74, 6) is 0.828. The van der Waals surface area contributed by atoms with Gasteiger partial charge in [-0.15, -0.1) is 0 Å². The molecule has 132 valence electrons. The van der Waals surface area contributed by atoms with E-state index in [1.165, 1.54) is 0 Å². The molecule has 5 nitrogen and oxygen atoms in total. The average Bonchev–Trinajstić information content (AvgIpc) is 3.11. The number of carbonyl (C=O) groups is 1. The van der Waals surface area contributed by atoms with Crippen molar-refractivity contribution in [3.05, 3.63) is 64.7 Å². The zero-order chi connectivity index (χ0) is 17.6. The van der Waals surface area contributed by atoms with E-state index in [0.717, 1.165) is 16.9 Å². The quantitative estimate of drug-likeness (QED) is 0.742. The van der Waals surface area contributed by atoms with E-state index in [0.29, 0.717) is 24.6 Å². The van der Waals surface area contributed by atoms with Crippen LogP contribution < -0.4 is 20.9 Å². The molecule has 1 aliphatic rings. The minimum atomic E-state index is -0.268. The molecule has 0 spiro atoms. The van der Waals surface area contributed by atoms with E-state index in [1.807, 2.05) is 55.5 Å². The molecule has 1 aliphatic heterocycles. The normalized spacial score (nSPS) is 19.6. The van der Waals surface area contributed by atoms with Crippen LogP contribution in [0.15, 0.2) is 48.5 Å². The van der Waals surface area contributed by atoms with Crippen LogP contribution in [0.5, 0.6) is 5.75 Å². The van der Waals surface area contributed by atoms with Crippen LogP contribution in [-0.4, -0.2) is 18.6 Å². The number of nitrogens with one attached hydrogen (secondary N) is 3. The van der Waals surface area contributed by atoms with Crippen molar-refractivity contribution >= 4 is 17.5 Å². The van der Waals surface area contributed by atoms with Crippen molar-refractivity contribution in [3.63, 3.8) is 0 Å².